The summed E-state index contributed by atoms with van der Waals surface area (Å²) in [5.74, 6) is 1.22. The van der Waals surface area contributed by atoms with Gasteiger partial charge in [0.2, 0.25) is 0 Å². The molecule has 282 valence electrons. The zero-order valence-corrected chi connectivity index (χ0v) is 33.3. The van der Waals surface area contributed by atoms with E-state index in [-0.39, 0.29) is 0 Å². The van der Waals surface area contributed by atoms with Crippen LogP contribution in [0.4, 0.5) is 11.4 Å². The third-order valence-corrected chi connectivity index (χ3v) is 11.4. The highest BCUT2D eigenvalue weighted by atomic mass is 14.5. The number of benzene rings is 4. The van der Waals surface area contributed by atoms with E-state index >= 15 is 0 Å². The number of nitrogen functional groups attached to an aromatic ring is 2. The molecule has 4 rings (SSSR count). The molecule has 0 aliphatic rings. The number of anilines is 2. The van der Waals surface area contributed by atoms with Gasteiger partial charge in [-0.1, -0.05) is 203 Å². The van der Waals surface area contributed by atoms with Crippen LogP contribution in [0.3, 0.4) is 0 Å². The van der Waals surface area contributed by atoms with Gasteiger partial charge in [0.15, 0.2) is 0 Å². The van der Waals surface area contributed by atoms with Crippen LogP contribution in [0.1, 0.15) is 200 Å². The molecule has 0 aliphatic carbocycles. The lowest BCUT2D eigenvalue weighted by Crippen LogP contribution is -2.06. The van der Waals surface area contributed by atoms with Crippen molar-refractivity contribution in [2.75, 3.05) is 11.5 Å². The first-order valence-electron chi connectivity index (χ1n) is 21.4. The van der Waals surface area contributed by atoms with Crippen LogP contribution in [0.25, 0.3) is 0 Å². The molecule has 2 atom stereocenters. The van der Waals surface area contributed by atoms with Crippen molar-refractivity contribution in [2.45, 2.75) is 167 Å². The fraction of sp³-hybridized carbons (Fsp3) is 0.520. The second-order valence-corrected chi connectivity index (χ2v) is 15.6. The lowest BCUT2D eigenvalue weighted by molar-refractivity contribution is 0.567. The molecule has 52 heavy (non-hydrogen) atoms. The second-order valence-electron chi connectivity index (χ2n) is 15.6. The highest BCUT2D eigenvalue weighted by molar-refractivity contribution is 5.45. The van der Waals surface area contributed by atoms with Crippen molar-refractivity contribution in [2.24, 2.45) is 0 Å². The first kappa shape index (κ1) is 41.2. The maximum atomic E-state index is 6.11. The number of hydrogen-bond donors (Lipinski definition) is 2. The molecular weight excluding hydrogens is 629 g/mol. The minimum absolute atomic E-state index is 0.407. The summed E-state index contributed by atoms with van der Waals surface area (Å²) in [4.78, 5) is 0. The molecule has 0 saturated heterocycles. The van der Waals surface area contributed by atoms with Gasteiger partial charge in [0.1, 0.15) is 0 Å². The van der Waals surface area contributed by atoms with E-state index in [1.54, 1.807) is 0 Å². The van der Waals surface area contributed by atoms with Crippen molar-refractivity contribution in [1.29, 1.82) is 0 Å². The Morgan fingerprint density at radius 3 is 0.712 bits per heavy atom. The lowest BCUT2D eigenvalue weighted by Gasteiger charge is -2.23. The Labute approximate surface area is 319 Å². The van der Waals surface area contributed by atoms with Crippen LogP contribution in [0.15, 0.2) is 97.1 Å². The summed E-state index contributed by atoms with van der Waals surface area (Å²) in [7, 11) is 0. The van der Waals surface area contributed by atoms with Gasteiger partial charge in [0.05, 0.1) is 0 Å². The summed E-state index contributed by atoms with van der Waals surface area (Å²) < 4.78 is 0. The molecule has 0 aromatic heterocycles. The monoisotopic (exact) mass is 701 g/mol. The lowest BCUT2D eigenvalue weighted by atomic mass is 9.81. The molecule has 0 aliphatic heterocycles. The predicted octanol–water partition coefficient (Wildman–Crippen LogP) is 15.1. The van der Waals surface area contributed by atoms with Crippen LogP contribution in [0.5, 0.6) is 0 Å². The topological polar surface area (TPSA) is 52.0 Å². The third kappa shape index (κ3) is 13.8. The highest BCUT2D eigenvalue weighted by Gasteiger charge is 2.20. The second kappa shape index (κ2) is 23.9. The highest BCUT2D eigenvalue weighted by Crippen LogP contribution is 2.37. The minimum atomic E-state index is 0.407. The Bertz CT molecular complexity index is 1360. The molecule has 4 N–H and O–H groups in total. The average molecular weight is 701 g/mol. The first-order valence-corrected chi connectivity index (χ1v) is 21.4. The first-order chi connectivity index (χ1) is 25.5. The molecule has 0 saturated carbocycles. The van der Waals surface area contributed by atoms with E-state index in [4.69, 9.17) is 11.5 Å². The molecule has 0 bridgehead atoms. The van der Waals surface area contributed by atoms with Crippen molar-refractivity contribution >= 4 is 11.4 Å². The van der Waals surface area contributed by atoms with Gasteiger partial charge in [-0.3, -0.25) is 0 Å². The third-order valence-electron chi connectivity index (χ3n) is 11.4. The molecule has 0 amide bonds. The molecule has 0 spiro atoms. The normalized spacial score (nSPS) is 13.2. The number of rotatable bonds is 26. The number of hydrogen-bond acceptors (Lipinski definition) is 2. The van der Waals surface area contributed by atoms with Crippen molar-refractivity contribution in [1.82, 2.24) is 0 Å². The molecule has 0 heterocycles. The van der Waals surface area contributed by atoms with Gasteiger partial charge in [0, 0.05) is 29.1 Å². The summed E-state index contributed by atoms with van der Waals surface area (Å²) >= 11 is 0. The summed E-state index contributed by atoms with van der Waals surface area (Å²) in [5.41, 5.74) is 22.4. The van der Waals surface area contributed by atoms with Crippen molar-refractivity contribution in [3.63, 3.8) is 0 Å². The zero-order valence-electron chi connectivity index (χ0n) is 33.3. The molecule has 4 aromatic rings. The molecular formula is C50H72N2. The van der Waals surface area contributed by atoms with E-state index in [0.717, 1.165) is 11.4 Å². The van der Waals surface area contributed by atoms with Crippen LogP contribution in [0, 0.1) is 0 Å². The predicted molar refractivity (Wildman–Crippen MR) is 229 cm³/mol. The van der Waals surface area contributed by atoms with E-state index in [1.807, 2.05) is 0 Å². The van der Waals surface area contributed by atoms with Gasteiger partial charge in [-0.2, -0.15) is 0 Å². The summed E-state index contributed by atoms with van der Waals surface area (Å²) in [6, 6.07) is 36.8. The van der Waals surface area contributed by atoms with Gasteiger partial charge < -0.3 is 11.5 Å². The molecule has 4 aromatic carbocycles. The molecule has 2 heteroatoms. The summed E-state index contributed by atoms with van der Waals surface area (Å²) in [6.07, 6.45) is 26.0. The maximum absolute atomic E-state index is 6.11. The fourth-order valence-corrected chi connectivity index (χ4v) is 8.16. The largest absolute Gasteiger partial charge is 0.399 e. The molecule has 2 unspecified atom stereocenters. The van der Waals surface area contributed by atoms with E-state index in [0.29, 0.717) is 17.8 Å². The Hall–Kier alpha value is -3.52. The van der Waals surface area contributed by atoms with Gasteiger partial charge in [-0.15, -0.1) is 0 Å². The molecule has 0 radical (unpaired) electrons. The maximum Gasteiger partial charge on any atom is 0.0314 e. The number of unbranched alkanes of at least 4 members (excludes halogenated alkanes) is 14. The van der Waals surface area contributed by atoms with Crippen molar-refractivity contribution in [3.05, 3.63) is 130 Å². The van der Waals surface area contributed by atoms with Gasteiger partial charge >= 0.3 is 0 Å². The Morgan fingerprint density at radius 2 is 0.481 bits per heavy atom. The number of nitrogens with two attached hydrogens (primary N) is 2. The quantitative estimate of drug-likeness (QED) is 0.0506. The minimum Gasteiger partial charge on any atom is -0.399 e. The SMILES string of the molecule is CCCCCCCCC(c1ccc(N)cc1)c1ccc(C(CCCCCCC)c2ccc(C(CCCCCCCC)c3ccc(N)cc3)cc2)cc1. The summed E-state index contributed by atoms with van der Waals surface area (Å²) in [6.45, 7) is 6.90. The molecule has 0 fully saturated rings. The standard InChI is InChI=1S/C50H72N2/c1-4-7-10-13-16-19-22-49(44-32-36-46(51)37-33-44)42-28-24-40(25-29-42)48(21-18-15-12-9-6-3)41-26-30-43(31-27-41)50(23-20-17-14-11-8-5-2)45-34-38-47(52)39-35-45/h24-39,48-50H,4-23,51-52H2,1-3H3. The Morgan fingerprint density at radius 1 is 0.288 bits per heavy atom. The van der Waals surface area contributed by atoms with Crippen molar-refractivity contribution in [3.8, 4) is 0 Å². The van der Waals surface area contributed by atoms with Crippen LogP contribution >= 0.6 is 0 Å². The Balaban J connectivity index is 1.55. The van der Waals surface area contributed by atoms with Crippen LogP contribution in [0.2, 0.25) is 0 Å². The van der Waals surface area contributed by atoms with Gasteiger partial charge in [-0.05, 0) is 76.9 Å². The van der Waals surface area contributed by atoms with E-state index in [9.17, 15) is 0 Å². The fourth-order valence-electron chi connectivity index (χ4n) is 8.16. The van der Waals surface area contributed by atoms with Crippen LogP contribution in [-0.4, -0.2) is 0 Å². The average Bonchev–Trinajstić information content (AvgIpc) is 3.17. The van der Waals surface area contributed by atoms with E-state index < -0.39 is 0 Å². The van der Waals surface area contributed by atoms with Gasteiger partial charge in [-0.25, -0.2) is 0 Å². The Kier molecular flexibility index (Phi) is 19.0. The zero-order chi connectivity index (χ0) is 36.8. The van der Waals surface area contributed by atoms with E-state index in [2.05, 4.69) is 118 Å². The van der Waals surface area contributed by atoms with Crippen LogP contribution < -0.4 is 11.5 Å². The molecule has 2 nitrogen and oxygen atoms in total. The van der Waals surface area contributed by atoms with E-state index in [1.165, 1.54) is 162 Å². The van der Waals surface area contributed by atoms with Crippen LogP contribution in [-0.2, 0) is 0 Å². The summed E-state index contributed by atoms with van der Waals surface area (Å²) in [5, 5.41) is 0. The van der Waals surface area contributed by atoms with Crippen molar-refractivity contribution < 1.29 is 0 Å². The smallest absolute Gasteiger partial charge is 0.0314 e. The van der Waals surface area contributed by atoms with Gasteiger partial charge in [0.25, 0.3) is 0 Å².